The highest BCUT2D eigenvalue weighted by Crippen LogP contribution is 2.17. The van der Waals surface area contributed by atoms with E-state index in [1.165, 1.54) is 11.1 Å². The molecule has 0 fully saturated rings. The van der Waals surface area contributed by atoms with Gasteiger partial charge >= 0.3 is 0 Å². The fraction of sp³-hybridized carbons (Fsp3) is 0.368. The summed E-state index contributed by atoms with van der Waals surface area (Å²) in [7, 11) is 0. The smallest absolute Gasteiger partial charge is 0.140 e. The van der Waals surface area contributed by atoms with Gasteiger partial charge in [0.2, 0.25) is 0 Å². The Morgan fingerprint density at radius 1 is 1.36 bits per heavy atom. The van der Waals surface area contributed by atoms with Crippen molar-refractivity contribution in [2.24, 2.45) is 0 Å². The van der Waals surface area contributed by atoms with Gasteiger partial charge in [-0.25, -0.2) is 0 Å². The molecule has 2 rings (SSSR count). The van der Waals surface area contributed by atoms with Gasteiger partial charge in [0.1, 0.15) is 6.29 Å². The predicted octanol–water partition coefficient (Wildman–Crippen LogP) is 3.31. The highest BCUT2D eigenvalue weighted by molar-refractivity contribution is 5.64. The number of rotatable bonds is 5. The van der Waals surface area contributed by atoms with Crippen LogP contribution in [0.3, 0.4) is 0 Å². The molecule has 22 heavy (non-hydrogen) atoms. The normalized spacial score (nSPS) is 21.9. The summed E-state index contributed by atoms with van der Waals surface area (Å²) in [6.07, 6.45) is 11.2. The second kappa shape index (κ2) is 7.72. The predicted molar refractivity (Wildman–Crippen MR) is 88.4 cm³/mol. The van der Waals surface area contributed by atoms with Crippen molar-refractivity contribution < 1.29 is 4.79 Å². The monoisotopic (exact) mass is 294 g/mol. The van der Waals surface area contributed by atoms with Gasteiger partial charge in [0.05, 0.1) is 17.2 Å². The number of nitrogens with one attached hydrogen (secondary N) is 1. The van der Waals surface area contributed by atoms with Crippen LogP contribution in [0, 0.1) is 11.3 Å². The summed E-state index contributed by atoms with van der Waals surface area (Å²) in [4.78, 5) is 11.1. The molecule has 0 saturated heterocycles. The summed E-state index contributed by atoms with van der Waals surface area (Å²) in [5.41, 5.74) is 2.82. The van der Waals surface area contributed by atoms with Gasteiger partial charge in [-0.05, 0) is 50.3 Å². The van der Waals surface area contributed by atoms with Crippen molar-refractivity contribution in [1.82, 2.24) is 5.32 Å². The van der Waals surface area contributed by atoms with E-state index in [1.54, 1.807) is 0 Å². The van der Waals surface area contributed by atoms with E-state index < -0.39 is 5.54 Å². The molecule has 1 aromatic rings. The SMILES string of the molecule is CC1(C=O)CC=C(/C=C/CCc2ccc(C#N)cc2)CCN1. The number of benzene rings is 1. The molecule has 0 bridgehead atoms. The van der Waals surface area contributed by atoms with Gasteiger partial charge in [0.15, 0.2) is 0 Å². The molecule has 0 aliphatic carbocycles. The van der Waals surface area contributed by atoms with Gasteiger partial charge in [-0.3, -0.25) is 0 Å². The molecule has 3 nitrogen and oxygen atoms in total. The van der Waals surface area contributed by atoms with Gasteiger partial charge < -0.3 is 10.1 Å². The fourth-order valence-corrected chi connectivity index (χ4v) is 2.48. The molecule has 0 spiro atoms. The van der Waals surface area contributed by atoms with E-state index in [9.17, 15) is 4.79 Å². The Balaban J connectivity index is 1.84. The first kappa shape index (κ1) is 16.2. The second-order valence-electron chi connectivity index (χ2n) is 5.95. The molecule has 0 aromatic heterocycles. The first-order valence-electron chi connectivity index (χ1n) is 7.71. The van der Waals surface area contributed by atoms with Crippen molar-refractivity contribution in [1.29, 1.82) is 5.26 Å². The van der Waals surface area contributed by atoms with Crippen LogP contribution in [0.4, 0.5) is 0 Å². The minimum Gasteiger partial charge on any atom is -0.305 e. The number of hydrogen-bond acceptors (Lipinski definition) is 3. The number of carbonyl (C=O) groups excluding carboxylic acids is 1. The number of hydrogen-bond donors (Lipinski definition) is 1. The standard InChI is InChI=1S/C19H22N2O/c1-19(15-22)12-10-17(11-13-21-19)5-3-2-4-16-6-8-18(14-20)9-7-16/h3,5-10,15,21H,2,4,11-13H2,1H3/b5-3+. The van der Waals surface area contributed by atoms with Crippen molar-refractivity contribution in [2.45, 2.75) is 38.1 Å². The lowest BCUT2D eigenvalue weighted by atomic mass is 10.00. The first-order chi connectivity index (χ1) is 10.6. The van der Waals surface area contributed by atoms with Crippen molar-refractivity contribution >= 4 is 6.29 Å². The van der Waals surface area contributed by atoms with Crippen LogP contribution in [0.1, 0.15) is 37.3 Å². The van der Waals surface area contributed by atoms with E-state index in [1.807, 2.05) is 31.2 Å². The summed E-state index contributed by atoms with van der Waals surface area (Å²) >= 11 is 0. The molecule has 1 aliphatic rings. The lowest BCUT2D eigenvalue weighted by Gasteiger charge is -2.20. The van der Waals surface area contributed by atoms with Crippen molar-refractivity contribution in [3.05, 3.63) is 59.2 Å². The number of aryl methyl sites for hydroxylation is 1. The molecule has 1 atom stereocenters. The molecule has 0 amide bonds. The zero-order valence-corrected chi connectivity index (χ0v) is 13.0. The van der Waals surface area contributed by atoms with E-state index >= 15 is 0 Å². The summed E-state index contributed by atoms with van der Waals surface area (Å²) < 4.78 is 0. The second-order valence-corrected chi connectivity index (χ2v) is 5.95. The third kappa shape index (κ3) is 4.68. The summed E-state index contributed by atoms with van der Waals surface area (Å²) in [6.45, 7) is 2.77. The Morgan fingerprint density at radius 3 is 2.82 bits per heavy atom. The van der Waals surface area contributed by atoms with E-state index in [-0.39, 0.29) is 0 Å². The average molecular weight is 294 g/mol. The first-order valence-corrected chi connectivity index (χ1v) is 7.71. The maximum absolute atomic E-state index is 11.1. The molecule has 0 radical (unpaired) electrons. The van der Waals surface area contributed by atoms with Gasteiger partial charge in [-0.2, -0.15) is 5.26 Å². The zero-order valence-electron chi connectivity index (χ0n) is 13.0. The Labute approximate surface area is 132 Å². The number of aldehydes is 1. The number of nitrogens with zero attached hydrogens (tertiary/aromatic N) is 1. The van der Waals surface area contributed by atoms with Crippen LogP contribution in [0.15, 0.2) is 48.1 Å². The van der Waals surface area contributed by atoms with Crippen LogP contribution in [0.25, 0.3) is 0 Å². The van der Waals surface area contributed by atoms with Crippen molar-refractivity contribution in [2.75, 3.05) is 6.54 Å². The highest BCUT2D eigenvalue weighted by Gasteiger charge is 2.22. The van der Waals surface area contributed by atoms with Crippen molar-refractivity contribution in [3.8, 4) is 6.07 Å². The fourth-order valence-electron chi connectivity index (χ4n) is 2.48. The van der Waals surface area contributed by atoms with Gasteiger partial charge in [0, 0.05) is 6.54 Å². The Bertz CT molecular complexity index is 607. The van der Waals surface area contributed by atoms with Crippen molar-refractivity contribution in [3.63, 3.8) is 0 Å². The molecule has 1 aromatic carbocycles. The van der Waals surface area contributed by atoms with E-state index in [4.69, 9.17) is 5.26 Å². The van der Waals surface area contributed by atoms with Crippen LogP contribution >= 0.6 is 0 Å². The van der Waals surface area contributed by atoms with E-state index in [2.05, 4.69) is 29.6 Å². The van der Waals surface area contributed by atoms with E-state index in [0.29, 0.717) is 5.56 Å². The third-order valence-electron chi connectivity index (χ3n) is 4.01. The number of carbonyl (C=O) groups is 1. The van der Waals surface area contributed by atoms with Gasteiger partial charge in [-0.1, -0.05) is 35.9 Å². The van der Waals surface area contributed by atoms with Crippen LogP contribution in [0.2, 0.25) is 0 Å². The molecule has 114 valence electrons. The highest BCUT2D eigenvalue weighted by atomic mass is 16.1. The van der Waals surface area contributed by atoms with Crippen LogP contribution in [-0.2, 0) is 11.2 Å². The molecular formula is C19H22N2O. The largest absolute Gasteiger partial charge is 0.305 e. The zero-order chi connectivity index (χ0) is 15.8. The molecule has 1 unspecified atom stereocenters. The Morgan fingerprint density at radius 2 is 2.14 bits per heavy atom. The summed E-state index contributed by atoms with van der Waals surface area (Å²) in [6, 6.07) is 9.87. The third-order valence-corrected chi connectivity index (χ3v) is 4.01. The molecule has 1 N–H and O–H groups in total. The average Bonchev–Trinajstić information content (AvgIpc) is 2.75. The topological polar surface area (TPSA) is 52.9 Å². The summed E-state index contributed by atoms with van der Waals surface area (Å²) in [5.74, 6) is 0. The maximum atomic E-state index is 11.1. The Kier molecular flexibility index (Phi) is 5.68. The van der Waals surface area contributed by atoms with Gasteiger partial charge in [0.25, 0.3) is 0 Å². The lowest BCUT2D eigenvalue weighted by Crippen LogP contribution is -2.43. The maximum Gasteiger partial charge on any atom is 0.140 e. The molecule has 0 saturated carbocycles. The Hall–Kier alpha value is -2.18. The minimum absolute atomic E-state index is 0.419. The number of allylic oxidation sites excluding steroid dienone is 2. The minimum atomic E-state index is -0.419. The molecule has 1 heterocycles. The number of nitriles is 1. The molecule has 3 heteroatoms. The lowest BCUT2D eigenvalue weighted by molar-refractivity contribution is -0.112. The van der Waals surface area contributed by atoms with Crippen LogP contribution in [0.5, 0.6) is 0 Å². The quantitative estimate of drug-likeness (QED) is 0.848. The van der Waals surface area contributed by atoms with Crippen LogP contribution < -0.4 is 5.32 Å². The summed E-state index contributed by atoms with van der Waals surface area (Å²) in [5, 5.41) is 12.1. The molecular weight excluding hydrogens is 272 g/mol. The van der Waals surface area contributed by atoms with Gasteiger partial charge in [-0.15, -0.1) is 0 Å². The van der Waals surface area contributed by atoms with Crippen LogP contribution in [-0.4, -0.2) is 18.4 Å². The van der Waals surface area contributed by atoms with E-state index in [0.717, 1.165) is 38.5 Å². The molecule has 1 aliphatic heterocycles.